The van der Waals surface area contributed by atoms with Crippen LogP contribution in [0.1, 0.15) is 17.3 Å². The summed E-state index contributed by atoms with van der Waals surface area (Å²) in [5.74, 6) is 0.123. The molecule has 2 nitrogen and oxygen atoms in total. The van der Waals surface area contributed by atoms with Crippen LogP contribution in [0.25, 0.3) is 11.1 Å². The van der Waals surface area contributed by atoms with Gasteiger partial charge in [0.2, 0.25) is 0 Å². The Labute approximate surface area is 105 Å². The van der Waals surface area contributed by atoms with Crippen molar-refractivity contribution in [3.8, 4) is 16.9 Å². The van der Waals surface area contributed by atoms with E-state index in [4.69, 9.17) is 4.74 Å². The highest BCUT2D eigenvalue weighted by Crippen LogP contribution is 2.29. The van der Waals surface area contributed by atoms with E-state index < -0.39 is 0 Å². The van der Waals surface area contributed by atoms with Crippen molar-refractivity contribution in [2.45, 2.75) is 6.92 Å². The lowest BCUT2D eigenvalue weighted by Crippen LogP contribution is -1.98. The molecule has 0 aliphatic rings. The Morgan fingerprint density at radius 1 is 1.11 bits per heavy atom. The molecule has 2 aromatic rings. The van der Waals surface area contributed by atoms with Gasteiger partial charge in [-0.1, -0.05) is 18.2 Å². The fraction of sp³-hybridized carbons (Fsp3) is 0.133. The molecule has 0 fully saturated rings. The fourth-order valence-electron chi connectivity index (χ4n) is 1.86. The average molecular weight is 244 g/mol. The molecule has 0 saturated heterocycles. The summed E-state index contributed by atoms with van der Waals surface area (Å²) in [5, 5.41) is 0. The van der Waals surface area contributed by atoms with Gasteiger partial charge in [0.25, 0.3) is 0 Å². The van der Waals surface area contributed by atoms with Crippen molar-refractivity contribution in [2.24, 2.45) is 0 Å². The summed E-state index contributed by atoms with van der Waals surface area (Å²) in [6.07, 6.45) is 0. The van der Waals surface area contributed by atoms with Gasteiger partial charge in [0.05, 0.1) is 7.11 Å². The van der Waals surface area contributed by atoms with Crippen LogP contribution >= 0.6 is 0 Å². The van der Waals surface area contributed by atoms with Gasteiger partial charge in [0.1, 0.15) is 11.6 Å². The molecule has 0 bridgehead atoms. The molecule has 0 radical (unpaired) electrons. The molecule has 3 heteroatoms. The van der Waals surface area contributed by atoms with E-state index >= 15 is 0 Å². The van der Waals surface area contributed by atoms with Crippen LogP contribution in [-0.2, 0) is 0 Å². The van der Waals surface area contributed by atoms with E-state index in [2.05, 4.69) is 0 Å². The molecule has 18 heavy (non-hydrogen) atoms. The fourth-order valence-corrected chi connectivity index (χ4v) is 1.86. The maximum atomic E-state index is 13.8. The van der Waals surface area contributed by atoms with Crippen molar-refractivity contribution in [3.05, 3.63) is 53.8 Å². The Bertz CT molecular complexity index is 591. The molecule has 0 N–H and O–H groups in total. The molecular weight excluding hydrogens is 231 g/mol. The van der Waals surface area contributed by atoms with Crippen molar-refractivity contribution in [1.82, 2.24) is 0 Å². The Kier molecular flexibility index (Phi) is 3.42. The third-order valence-corrected chi connectivity index (χ3v) is 2.77. The number of benzene rings is 2. The minimum absolute atomic E-state index is 0.118. The third kappa shape index (κ3) is 2.25. The summed E-state index contributed by atoms with van der Waals surface area (Å²) in [5.41, 5.74) is 1.46. The molecular formula is C15H13FO2. The molecule has 2 rings (SSSR count). The minimum atomic E-state index is -0.342. The first-order chi connectivity index (χ1) is 8.63. The molecule has 0 aliphatic carbocycles. The average Bonchev–Trinajstić information content (AvgIpc) is 2.38. The molecule has 2 aromatic carbocycles. The van der Waals surface area contributed by atoms with Gasteiger partial charge in [-0.05, 0) is 36.8 Å². The molecule has 0 heterocycles. The SMILES string of the molecule is COc1ccc(-c2ccccc2F)c(C(C)=O)c1. The van der Waals surface area contributed by atoms with Crippen molar-refractivity contribution in [1.29, 1.82) is 0 Å². The van der Waals surface area contributed by atoms with Crippen LogP contribution in [0.3, 0.4) is 0 Å². The van der Waals surface area contributed by atoms with Gasteiger partial charge in [0.15, 0.2) is 5.78 Å². The first-order valence-electron chi connectivity index (χ1n) is 5.57. The van der Waals surface area contributed by atoms with Gasteiger partial charge >= 0.3 is 0 Å². The highest BCUT2D eigenvalue weighted by atomic mass is 19.1. The number of ether oxygens (including phenoxy) is 1. The molecule has 0 unspecified atom stereocenters. The second-order valence-corrected chi connectivity index (χ2v) is 3.95. The van der Waals surface area contributed by atoms with Crippen LogP contribution in [-0.4, -0.2) is 12.9 Å². The number of methoxy groups -OCH3 is 1. The van der Waals surface area contributed by atoms with Crippen molar-refractivity contribution < 1.29 is 13.9 Å². The van der Waals surface area contributed by atoms with Gasteiger partial charge in [-0.25, -0.2) is 4.39 Å². The Balaban J connectivity index is 2.64. The highest BCUT2D eigenvalue weighted by molar-refractivity contribution is 6.01. The zero-order valence-electron chi connectivity index (χ0n) is 10.2. The van der Waals surface area contributed by atoms with Crippen LogP contribution in [0.15, 0.2) is 42.5 Å². The van der Waals surface area contributed by atoms with Gasteiger partial charge in [0, 0.05) is 11.1 Å². The molecule has 92 valence electrons. The van der Waals surface area contributed by atoms with E-state index in [1.807, 2.05) is 0 Å². The number of carbonyl (C=O) groups is 1. The first-order valence-corrected chi connectivity index (χ1v) is 5.57. The lowest BCUT2D eigenvalue weighted by atomic mass is 9.97. The minimum Gasteiger partial charge on any atom is -0.497 e. The second kappa shape index (κ2) is 5.00. The van der Waals surface area contributed by atoms with E-state index in [0.29, 0.717) is 22.4 Å². The van der Waals surface area contributed by atoms with Gasteiger partial charge in [-0.15, -0.1) is 0 Å². The molecule has 0 atom stereocenters. The summed E-state index contributed by atoms with van der Waals surface area (Å²) < 4.78 is 18.8. The number of hydrogen-bond acceptors (Lipinski definition) is 2. The number of carbonyl (C=O) groups excluding carboxylic acids is 1. The Hall–Kier alpha value is -2.16. The van der Waals surface area contributed by atoms with Crippen molar-refractivity contribution in [2.75, 3.05) is 7.11 Å². The van der Waals surface area contributed by atoms with Crippen LogP contribution in [0, 0.1) is 5.82 Å². The maximum absolute atomic E-state index is 13.8. The van der Waals surface area contributed by atoms with E-state index in [1.54, 1.807) is 36.4 Å². The van der Waals surface area contributed by atoms with E-state index in [0.717, 1.165) is 0 Å². The lowest BCUT2D eigenvalue weighted by molar-refractivity contribution is 0.101. The first kappa shape index (κ1) is 12.3. The number of hydrogen-bond donors (Lipinski definition) is 0. The van der Waals surface area contributed by atoms with E-state index in [-0.39, 0.29) is 11.6 Å². The monoisotopic (exact) mass is 244 g/mol. The van der Waals surface area contributed by atoms with E-state index in [9.17, 15) is 9.18 Å². The summed E-state index contributed by atoms with van der Waals surface area (Å²) in [4.78, 5) is 11.6. The highest BCUT2D eigenvalue weighted by Gasteiger charge is 2.13. The van der Waals surface area contributed by atoms with Gasteiger partial charge in [-0.2, -0.15) is 0 Å². The summed E-state index contributed by atoms with van der Waals surface area (Å²) in [6.45, 7) is 1.46. The summed E-state index contributed by atoms with van der Waals surface area (Å²) in [6, 6.07) is 11.4. The number of ketones is 1. The van der Waals surface area contributed by atoms with Crippen LogP contribution in [0.2, 0.25) is 0 Å². The zero-order chi connectivity index (χ0) is 13.1. The second-order valence-electron chi connectivity index (χ2n) is 3.95. The molecule has 0 amide bonds. The van der Waals surface area contributed by atoms with Crippen LogP contribution in [0.4, 0.5) is 4.39 Å². The van der Waals surface area contributed by atoms with Crippen molar-refractivity contribution in [3.63, 3.8) is 0 Å². The predicted molar refractivity (Wildman–Crippen MR) is 68.4 cm³/mol. The van der Waals surface area contributed by atoms with Crippen LogP contribution < -0.4 is 4.74 Å². The topological polar surface area (TPSA) is 26.3 Å². The predicted octanol–water partition coefficient (Wildman–Crippen LogP) is 3.70. The molecule has 0 aliphatic heterocycles. The Morgan fingerprint density at radius 3 is 2.44 bits per heavy atom. The smallest absolute Gasteiger partial charge is 0.160 e. The number of halogens is 1. The molecule has 0 saturated carbocycles. The third-order valence-electron chi connectivity index (χ3n) is 2.77. The normalized spacial score (nSPS) is 10.2. The molecule has 0 aromatic heterocycles. The molecule has 0 spiro atoms. The standard InChI is InChI=1S/C15H13FO2/c1-10(17)14-9-11(18-2)7-8-12(14)13-5-3-4-6-15(13)16/h3-9H,1-2H3. The van der Waals surface area contributed by atoms with Gasteiger partial charge in [-0.3, -0.25) is 4.79 Å². The number of Topliss-reactive ketones (excluding diaryl/α,β-unsaturated/α-hetero) is 1. The summed E-state index contributed by atoms with van der Waals surface area (Å²) in [7, 11) is 1.53. The maximum Gasteiger partial charge on any atom is 0.160 e. The van der Waals surface area contributed by atoms with Gasteiger partial charge < -0.3 is 4.74 Å². The van der Waals surface area contributed by atoms with Crippen LogP contribution in [0.5, 0.6) is 5.75 Å². The van der Waals surface area contributed by atoms with Crippen molar-refractivity contribution >= 4 is 5.78 Å². The zero-order valence-corrected chi connectivity index (χ0v) is 10.2. The lowest BCUT2D eigenvalue weighted by Gasteiger charge is -2.10. The summed E-state index contributed by atoms with van der Waals surface area (Å²) >= 11 is 0. The Morgan fingerprint density at radius 2 is 1.83 bits per heavy atom. The largest absolute Gasteiger partial charge is 0.497 e. The quantitative estimate of drug-likeness (QED) is 0.769. The van der Waals surface area contributed by atoms with E-state index in [1.165, 1.54) is 20.1 Å². The number of rotatable bonds is 3.